The number of methoxy groups -OCH3 is 2. The van der Waals surface area contributed by atoms with E-state index in [1.54, 1.807) is 24.3 Å². The van der Waals surface area contributed by atoms with Crippen molar-refractivity contribution in [2.24, 2.45) is 17.6 Å². The molecule has 0 aliphatic carbocycles. The molecule has 3 amide bonds. The van der Waals surface area contributed by atoms with Crippen LogP contribution >= 0.6 is 0 Å². The zero-order valence-electron chi connectivity index (χ0n) is 17.3. The predicted molar refractivity (Wildman–Crippen MR) is 106 cm³/mol. The van der Waals surface area contributed by atoms with Crippen LogP contribution in [-0.4, -0.2) is 56.0 Å². The van der Waals surface area contributed by atoms with Crippen molar-refractivity contribution in [2.75, 3.05) is 14.2 Å². The second-order valence-corrected chi connectivity index (χ2v) is 6.71. The van der Waals surface area contributed by atoms with Gasteiger partial charge in [0.2, 0.25) is 17.7 Å². The van der Waals surface area contributed by atoms with E-state index in [1.165, 1.54) is 13.8 Å². The third-order valence-corrected chi connectivity index (χ3v) is 4.54. The van der Waals surface area contributed by atoms with Gasteiger partial charge in [0.1, 0.15) is 12.1 Å². The van der Waals surface area contributed by atoms with Crippen LogP contribution in [-0.2, 0) is 39.9 Å². The summed E-state index contributed by atoms with van der Waals surface area (Å²) in [4.78, 5) is 60.5. The molecule has 0 aromatic heterocycles. The van der Waals surface area contributed by atoms with Gasteiger partial charge < -0.3 is 25.8 Å². The quantitative estimate of drug-likeness (QED) is 0.333. The Balaban J connectivity index is 3.11. The number of amides is 3. The van der Waals surface area contributed by atoms with Gasteiger partial charge >= 0.3 is 11.9 Å². The Morgan fingerprint density at radius 1 is 0.967 bits per heavy atom. The van der Waals surface area contributed by atoms with E-state index in [9.17, 15) is 24.0 Å². The fourth-order valence-electron chi connectivity index (χ4n) is 2.99. The van der Waals surface area contributed by atoms with Gasteiger partial charge in [0.25, 0.3) is 0 Å². The molecule has 10 heteroatoms. The fourth-order valence-corrected chi connectivity index (χ4v) is 2.99. The topological polar surface area (TPSA) is 154 Å². The molecule has 0 aliphatic heterocycles. The smallest absolute Gasteiger partial charge is 0.320 e. The SMILES string of the molecule is COC(=O)C(C(=O)OC)[C@H](C)[C@@H](NC(=O)[C@H](Cc1ccccc1)NC(C)=O)C(N)=O. The van der Waals surface area contributed by atoms with Gasteiger partial charge in [0, 0.05) is 19.3 Å². The third kappa shape index (κ3) is 6.87. The minimum atomic E-state index is -1.48. The van der Waals surface area contributed by atoms with Crippen LogP contribution in [0.25, 0.3) is 0 Å². The van der Waals surface area contributed by atoms with Crippen molar-refractivity contribution in [3.8, 4) is 0 Å². The Kier molecular flexibility index (Phi) is 9.47. The minimum absolute atomic E-state index is 0.156. The monoisotopic (exact) mass is 421 g/mol. The van der Waals surface area contributed by atoms with Crippen LogP contribution in [0.15, 0.2) is 30.3 Å². The normalized spacial score (nSPS) is 13.5. The minimum Gasteiger partial charge on any atom is -0.468 e. The Labute approximate surface area is 174 Å². The van der Waals surface area contributed by atoms with E-state index in [0.717, 1.165) is 19.8 Å². The van der Waals surface area contributed by atoms with E-state index in [4.69, 9.17) is 5.73 Å². The number of nitrogens with two attached hydrogens (primary N) is 1. The predicted octanol–water partition coefficient (Wildman–Crippen LogP) is -0.698. The molecule has 0 spiro atoms. The van der Waals surface area contributed by atoms with Crippen molar-refractivity contribution >= 4 is 29.7 Å². The first-order chi connectivity index (χ1) is 14.1. The highest BCUT2D eigenvalue weighted by Gasteiger charge is 2.41. The first-order valence-corrected chi connectivity index (χ1v) is 9.18. The Morgan fingerprint density at radius 3 is 1.93 bits per heavy atom. The number of carbonyl (C=O) groups excluding carboxylic acids is 5. The number of esters is 2. The molecule has 1 aromatic carbocycles. The van der Waals surface area contributed by atoms with Crippen LogP contribution in [0.4, 0.5) is 0 Å². The molecule has 3 atom stereocenters. The number of carbonyl (C=O) groups is 5. The average molecular weight is 421 g/mol. The summed E-state index contributed by atoms with van der Waals surface area (Å²) in [6.07, 6.45) is 0.156. The summed E-state index contributed by atoms with van der Waals surface area (Å²) >= 11 is 0. The molecule has 0 aliphatic rings. The lowest BCUT2D eigenvalue weighted by atomic mass is 9.86. The van der Waals surface area contributed by atoms with Crippen molar-refractivity contribution in [1.82, 2.24) is 10.6 Å². The first kappa shape index (κ1) is 24.6. The number of hydrogen-bond donors (Lipinski definition) is 3. The van der Waals surface area contributed by atoms with Crippen molar-refractivity contribution < 1.29 is 33.4 Å². The Hall–Kier alpha value is -3.43. The average Bonchev–Trinajstić information content (AvgIpc) is 2.71. The van der Waals surface area contributed by atoms with Crippen LogP contribution in [0.3, 0.4) is 0 Å². The molecule has 30 heavy (non-hydrogen) atoms. The van der Waals surface area contributed by atoms with E-state index in [-0.39, 0.29) is 6.42 Å². The van der Waals surface area contributed by atoms with Gasteiger partial charge in [-0.15, -0.1) is 0 Å². The molecular weight excluding hydrogens is 394 g/mol. The van der Waals surface area contributed by atoms with Gasteiger partial charge in [-0.25, -0.2) is 0 Å². The highest BCUT2D eigenvalue weighted by Crippen LogP contribution is 2.20. The summed E-state index contributed by atoms with van der Waals surface area (Å²) < 4.78 is 9.22. The second kappa shape index (κ2) is 11.5. The van der Waals surface area contributed by atoms with E-state index in [2.05, 4.69) is 20.1 Å². The van der Waals surface area contributed by atoms with Crippen LogP contribution < -0.4 is 16.4 Å². The number of benzene rings is 1. The molecular formula is C20H27N3O7. The van der Waals surface area contributed by atoms with Gasteiger partial charge in [-0.1, -0.05) is 37.3 Å². The number of rotatable bonds is 10. The van der Waals surface area contributed by atoms with E-state index >= 15 is 0 Å². The summed E-state index contributed by atoms with van der Waals surface area (Å²) in [6.45, 7) is 2.64. The van der Waals surface area contributed by atoms with Crippen molar-refractivity contribution in [1.29, 1.82) is 0 Å². The zero-order chi connectivity index (χ0) is 22.8. The summed E-state index contributed by atoms with van der Waals surface area (Å²) in [6, 6.07) is 6.53. The van der Waals surface area contributed by atoms with Crippen LogP contribution in [0.5, 0.6) is 0 Å². The molecule has 1 aromatic rings. The van der Waals surface area contributed by atoms with Gasteiger partial charge in [-0.05, 0) is 5.56 Å². The summed E-state index contributed by atoms with van der Waals surface area (Å²) in [5, 5.41) is 4.96. The summed E-state index contributed by atoms with van der Waals surface area (Å²) in [5.74, 6) is -6.52. The van der Waals surface area contributed by atoms with Crippen LogP contribution in [0, 0.1) is 11.8 Å². The maximum absolute atomic E-state index is 12.8. The molecule has 0 bridgehead atoms. The van der Waals surface area contributed by atoms with Crippen molar-refractivity contribution in [2.45, 2.75) is 32.4 Å². The van der Waals surface area contributed by atoms with E-state index < -0.39 is 53.6 Å². The van der Waals surface area contributed by atoms with Gasteiger partial charge in [0.05, 0.1) is 14.2 Å². The van der Waals surface area contributed by atoms with E-state index in [1.807, 2.05) is 6.07 Å². The molecule has 0 heterocycles. The molecule has 0 saturated heterocycles. The lowest BCUT2D eigenvalue weighted by Crippen LogP contribution is -2.57. The lowest BCUT2D eigenvalue weighted by molar-refractivity contribution is -0.162. The fraction of sp³-hybridized carbons (Fsp3) is 0.450. The summed E-state index contributed by atoms with van der Waals surface area (Å²) in [7, 11) is 2.16. The third-order valence-electron chi connectivity index (χ3n) is 4.54. The Morgan fingerprint density at radius 2 is 1.50 bits per heavy atom. The summed E-state index contributed by atoms with van der Waals surface area (Å²) in [5.41, 5.74) is 6.19. The molecule has 1 rings (SSSR count). The zero-order valence-corrected chi connectivity index (χ0v) is 17.3. The number of nitrogens with one attached hydrogen (secondary N) is 2. The molecule has 0 fully saturated rings. The first-order valence-electron chi connectivity index (χ1n) is 9.18. The highest BCUT2D eigenvalue weighted by atomic mass is 16.5. The maximum atomic E-state index is 12.8. The van der Waals surface area contributed by atoms with Gasteiger partial charge in [0.15, 0.2) is 5.92 Å². The standard InChI is InChI=1S/C20H27N3O7/c1-11(15(19(27)29-3)20(28)30-4)16(17(21)25)23-18(26)14(22-12(2)24)10-13-8-6-5-7-9-13/h5-9,11,14-16H,10H2,1-4H3,(H2,21,25)(H,22,24)(H,23,26)/t11-,14-,16+/m0/s1. The molecule has 0 radical (unpaired) electrons. The maximum Gasteiger partial charge on any atom is 0.320 e. The highest BCUT2D eigenvalue weighted by molar-refractivity contribution is 5.97. The number of hydrogen-bond acceptors (Lipinski definition) is 7. The molecule has 164 valence electrons. The lowest BCUT2D eigenvalue weighted by Gasteiger charge is -2.28. The van der Waals surface area contributed by atoms with Crippen LogP contribution in [0.1, 0.15) is 19.4 Å². The van der Waals surface area contributed by atoms with Crippen LogP contribution in [0.2, 0.25) is 0 Å². The molecule has 10 nitrogen and oxygen atoms in total. The van der Waals surface area contributed by atoms with Gasteiger partial charge in [-0.2, -0.15) is 0 Å². The largest absolute Gasteiger partial charge is 0.468 e. The van der Waals surface area contributed by atoms with Gasteiger partial charge in [-0.3, -0.25) is 24.0 Å². The molecule has 0 unspecified atom stereocenters. The number of ether oxygens (including phenoxy) is 2. The second-order valence-electron chi connectivity index (χ2n) is 6.71. The molecule has 4 N–H and O–H groups in total. The Bertz CT molecular complexity index is 766. The molecule has 0 saturated carbocycles. The number of primary amides is 1. The van der Waals surface area contributed by atoms with Crippen molar-refractivity contribution in [3.05, 3.63) is 35.9 Å². The van der Waals surface area contributed by atoms with Crippen molar-refractivity contribution in [3.63, 3.8) is 0 Å². The van der Waals surface area contributed by atoms with E-state index in [0.29, 0.717) is 0 Å².